The van der Waals surface area contributed by atoms with Crippen LogP contribution in [0, 0.1) is 10.1 Å². The lowest BCUT2D eigenvalue weighted by Gasteiger charge is -2.07. The average molecular weight is 276 g/mol. The first-order valence-corrected chi connectivity index (χ1v) is 5.21. The van der Waals surface area contributed by atoms with Gasteiger partial charge in [-0.1, -0.05) is 0 Å². The van der Waals surface area contributed by atoms with E-state index in [1.54, 1.807) is 0 Å². The van der Waals surface area contributed by atoms with Crippen LogP contribution in [0.5, 0.6) is 0 Å². The minimum Gasteiger partial charge on any atom is -0.466 e. The first-order chi connectivity index (χ1) is 8.88. The van der Waals surface area contributed by atoms with Gasteiger partial charge in [-0.3, -0.25) is 19.7 Å². The van der Waals surface area contributed by atoms with Gasteiger partial charge in [0.15, 0.2) is 0 Å². The van der Waals surface area contributed by atoms with E-state index in [9.17, 15) is 28.5 Å². The Morgan fingerprint density at radius 2 is 2.21 bits per heavy atom. The Morgan fingerprint density at radius 1 is 1.58 bits per heavy atom. The fraction of sp³-hybridized carbons (Fsp3) is 0.400. The zero-order chi connectivity index (χ0) is 14.6. The first kappa shape index (κ1) is 14.7. The van der Waals surface area contributed by atoms with E-state index in [1.165, 1.54) is 6.92 Å². The summed E-state index contributed by atoms with van der Waals surface area (Å²) >= 11 is 0. The molecule has 1 aromatic heterocycles. The molecule has 0 spiro atoms. The minimum absolute atomic E-state index is 0.00960. The SMILES string of the molecule is CCOC(=O)Cc1c(C(F)F)[nH]cc([N+](=O)[O-])c1=O. The number of carbonyl (C=O) groups excluding carboxylic acids is 1. The van der Waals surface area contributed by atoms with Crippen LogP contribution in [-0.4, -0.2) is 22.5 Å². The molecule has 104 valence electrons. The molecule has 1 N–H and O–H groups in total. The molecule has 0 saturated heterocycles. The summed E-state index contributed by atoms with van der Waals surface area (Å²) in [5, 5.41) is 10.5. The number of rotatable bonds is 5. The standard InChI is InChI=1S/C10H10F2N2O5/c1-2-19-7(15)3-5-8(10(11)12)13-4-6(9(5)16)14(17)18/h4,10H,2-3H2,1H3,(H,13,16). The van der Waals surface area contributed by atoms with Crippen LogP contribution in [0.1, 0.15) is 24.6 Å². The van der Waals surface area contributed by atoms with Crippen molar-refractivity contribution >= 4 is 11.7 Å². The fourth-order valence-corrected chi connectivity index (χ4v) is 1.44. The summed E-state index contributed by atoms with van der Waals surface area (Å²) in [6.07, 6.45) is -3.22. The number of esters is 1. The number of pyridine rings is 1. The van der Waals surface area contributed by atoms with Gasteiger partial charge in [0.1, 0.15) is 0 Å². The number of nitro groups is 1. The van der Waals surface area contributed by atoms with Crippen LogP contribution in [0.2, 0.25) is 0 Å². The summed E-state index contributed by atoms with van der Waals surface area (Å²) in [6, 6.07) is 0. The van der Waals surface area contributed by atoms with Crippen molar-refractivity contribution in [3.05, 3.63) is 37.8 Å². The van der Waals surface area contributed by atoms with Crippen molar-refractivity contribution in [2.24, 2.45) is 0 Å². The second-order valence-corrected chi connectivity index (χ2v) is 3.43. The van der Waals surface area contributed by atoms with Crippen LogP contribution in [0.15, 0.2) is 11.0 Å². The van der Waals surface area contributed by atoms with Crippen molar-refractivity contribution in [3.8, 4) is 0 Å². The minimum atomic E-state index is -3.06. The van der Waals surface area contributed by atoms with E-state index in [-0.39, 0.29) is 6.61 Å². The normalized spacial score (nSPS) is 10.5. The molecule has 0 bridgehead atoms. The second kappa shape index (κ2) is 6.03. The van der Waals surface area contributed by atoms with Gasteiger partial charge in [0, 0.05) is 5.56 Å². The van der Waals surface area contributed by atoms with Crippen LogP contribution in [-0.2, 0) is 16.0 Å². The molecule has 1 heterocycles. The van der Waals surface area contributed by atoms with Gasteiger partial charge in [0.25, 0.3) is 11.9 Å². The number of aromatic amines is 1. The third-order valence-electron chi connectivity index (χ3n) is 2.24. The molecule has 0 amide bonds. The van der Waals surface area contributed by atoms with Crippen LogP contribution in [0.25, 0.3) is 0 Å². The van der Waals surface area contributed by atoms with Gasteiger partial charge in [-0.2, -0.15) is 0 Å². The molecule has 19 heavy (non-hydrogen) atoms. The van der Waals surface area contributed by atoms with Gasteiger partial charge in [0.05, 0.1) is 29.8 Å². The van der Waals surface area contributed by atoms with Gasteiger partial charge >= 0.3 is 11.7 Å². The van der Waals surface area contributed by atoms with Crippen molar-refractivity contribution < 1.29 is 23.2 Å². The zero-order valence-electron chi connectivity index (χ0n) is 9.81. The van der Waals surface area contributed by atoms with Gasteiger partial charge in [0.2, 0.25) is 0 Å². The number of alkyl halides is 2. The summed E-state index contributed by atoms with van der Waals surface area (Å²) in [5.41, 5.74) is -3.58. The Hall–Kier alpha value is -2.32. The molecule has 7 nitrogen and oxygen atoms in total. The maximum absolute atomic E-state index is 12.7. The summed E-state index contributed by atoms with van der Waals surface area (Å²) in [5.74, 6) is -0.907. The Balaban J connectivity index is 3.31. The third kappa shape index (κ3) is 3.33. The number of hydrogen-bond acceptors (Lipinski definition) is 5. The summed E-state index contributed by atoms with van der Waals surface area (Å²) < 4.78 is 29.9. The third-order valence-corrected chi connectivity index (χ3v) is 2.24. The van der Waals surface area contributed by atoms with E-state index in [0.717, 1.165) is 0 Å². The highest BCUT2D eigenvalue weighted by Gasteiger charge is 2.25. The number of carbonyl (C=O) groups is 1. The van der Waals surface area contributed by atoms with E-state index >= 15 is 0 Å². The molecule has 9 heteroatoms. The largest absolute Gasteiger partial charge is 0.466 e. The molecular formula is C10H10F2N2O5. The second-order valence-electron chi connectivity index (χ2n) is 3.43. The van der Waals surface area contributed by atoms with Gasteiger partial charge in [-0.15, -0.1) is 0 Å². The number of nitrogens with one attached hydrogen (secondary N) is 1. The lowest BCUT2D eigenvalue weighted by molar-refractivity contribution is -0.386. The van der Waals surface area contributed by atoms with E-state index in [4.69, 9.17) is 0 Å². The molecule has 0 fully saturated rings. The van der Waals surface area contributed by atoms with Crippen molar-refractivity contribution in [2.45, 2.75) is 19.8 Å². The van der Waals surface area contributed by atoms with E-state index in [2.05, 4.69) is 4.74 Å². The fourth-order valence-electron chi connectivity index (χ4n) is 1.44. The van der Waals surface area contributed by atoms with E-state index in [0.29, 0.717) is 6.20 Å². The quantitative estimate of drug-likeness (QED) is 0.496. The van der Waals surface area contributed by atoms with Crippen LogP contribution < -0.4 is 5.43 Å². The molecule has 0 aliphatic rings. The summed E-state index contributed by atoms with van der Waals surface area (Å²) in [6.45, 7) is 1.51. The number of aromatic nitrogens is 1. The molecule has 1 aromatic rings. The smallest absolute Gasteiger partial charge is 0.332 e. The number of ether oxygens (including phenoxy) is 1. The average Bonchev–Trinajstić information content (AvgIpc) is 2.31. The summed E-state index contributed by atoms with van der Waals surface area (Å²) in [7, 11) is 0. The van der Waals surface area contributed by atoms with Crippen molar-refractivity contribution in [3.63, 3.8) is 0 Å². The Labute approximate surface area is 105 Å². The maximum Gasteiger partial charge on any atom is 0.332 e. The highest BCUT2D eigenvalue weighted by molar-refractivity contribution is 5.73. The Morgan fingerprint density at radius 3 is 2.68 bits per heavy atom. The molecule has 0 aliphatic heterocycles. The zero-order valence-corrected chi connectivity index (χ0v) is 9.81. The van der Waals surface area contributed by atoms with E-state index < -0.39 is 46.1 Å². The summed E-state index contributed by atoms with van der Waals surface area (Å²) in [4.78, 5) is 34.4. The molecule has 1 rings (SSSR count). The Kier molecular flexibility index (Phi) is 4.67. The van der Waals surface area contributed by atoms with Crippen LogP contribution in [0.3, 0.4) is 0 Å². The van der Waals surface area contributed by atoms with Crippen LogP contribution >= 0.6 is 0 Å². The maximum atomic E-state index is 12.7. The molecule has 0 saturated carbocycles. The number of nitrogens with zero attached hydrogens (tertiary/aromatic N) is 1. The molecule has 0 unspecified atom stereocenters. The van der Waals surface area contributed by atoms with Crippen molar-refractivity contribution in [1.29, 1.82) is 0 Å². The number of halogens is 2. The first-order valence-electron chi connectivity index (χ1n) is 5.21. The predicted molar refractivity (Wildman–Crippen MR) is 59.0 cm³/mol. The van der Waals surface area contributed by atoms with E-state index in [1.807, 2.05) is 4.98 Å². The van der Waals surface area contributed by atoms with Gasteiger partial charge < -0.3 is 9.72 Å². The number of hydrogen-bond donors (Lipinski definition) is 1. The molecular weight excluding hydrogens is 266 g/mol. The van der Waals surface area contributed by atoms with Gasteiger partial charge in [-0.25, -0.2) is 8.78 Å². The van der Waals surface area contributed by atoms with Crippen molar-refractivity contribution in [1.82, 2.24) is 4.98 Å². The topological polar surface area (TPSA) is 102 Å². The lowest BCUT2D eigenvalue weighted by Crippen LogP contribution is -2.21. The molecule has 0 aromatic carbocycles. The number of H-pyrrole nitrogens is 1. The Bertz CT molecular complexity index is 555. The highest BCUT2D eigenvalue weighted by atomic mass is 19.3. The van der Waals surface area contributed by atoms with Crippen molar-refractivity contribution in [2.75, 3.05) is 6.61 Å². The van der Waals surface area contributed by atoms with Crippen LogP contribution in [0.4, 0.5) is 14.5 Å². The molecule has 0 aliphatic carbocycles. The van der Waals surface area contributed by atoms with Gasteiger partial charge in [-0.05, 0) is 6.92 Å². The lowest BCUT2D eigenvalue weighted by atomic mass is 10.1. The monoisotopic (exact) mass is 276 g/mol. The highest BCUT2D eigenvalue weighted by Crippen LogP contribution is 2.20. The molecule has 0 radical (unpaired) electrons. The molecule has 0 atom stereocenters. The predicted octanol–water partition coefficient (Wildman–Crippen LogP) is 1.33.